The van der Waals surface area contributed by atoms with Crippen LogP contribution in [0.5, 0.6) is 0 Å². The summed E-state index contributed by atoms with van der Waals surface area (Å²) in [6.07, 6.45) is 6.27. The monoisotopic (exact) mass is 527 g/mol. The van der Waals surface area contributed by atoms with Gasteiger partial charge in [-0.2, -0.15) is 0 Å². The van der Waals surface area contributed by atoms with Gasteiger partial charge in [-0.3, -0.25) is 14.4 Å². The molecule has 0 radical (unpaired) electrons. The molecule has 206 valence electrons. The number of nitrogens with zero attached hydrogens (tertiary/aromatic N) is 1. The Kier molecular flexibility index (Phi) is 11.2. The van der Waals surface area contributed by atoms with Gasteiger partial charge >= 0.3 is 5.97 Å². The van der Waals surface area contributed by atoms with Gasteiger partial charge in [0, 0.05) is 24.7 Å². The Labute approximate surface area is 221 Å². The minimum atomic E-state index is -1.18. The molecule has 4 unspecified atom stereocenters. The Bertz CT molecular complexity index is 1040. The minimum Gasteiger partial charge on any atom is -0.480 e. The number of carboxylic acid groups (broad SMARTS) is 1. The van der Waals surface area contributed by atoms with Crippen LogP contribution in [0.15, 0.2) is 42.9 Å². The number of unbranched alkanes of at least 4 members (excludes halogenated alkanes) is 1. The van der Waals surface area contributed by atoms with Gasteiger partial charge in [0.05, 0.1) is 12.4 Å². The molecule has 2 aromatic rings. The first-order valence-corrected chi connectivity index (χ1v) is 13.0. The Hall–Kier alpha value is -3.77. The van der Waals surface area contributed by atoms with Crippen molar-refractivity contribution in [3.05, 3.63) is 54.1 Å². The molecule has 1 saturated heterocycles. The van der Waals surface area contributed by atoms with Crippen LogP contribution in [0, 0.1) is 0 Å². The van der Waals surface area contributed by atoms with Crippen molar-refractivity contribution in [3.63, 3.8) is 0 Å². The molecule has 1 fully saturated rings. The summed E-state index contributed by atoms with van der Waals surface area (Å²) >= 11 is 0. The molecule has 2 heterocycles. The van der Waals surface area contributed by atoms with Crippen molar-refractivity contribution in [1.29, 1.82) is 0 Å². The molecule has 3 rings (SSSR count). The van der Waals surface area contributed by atoms with Gasteiger partial charge in [0.1, 0.15) is 18.1 Å². The molecule has 12 heteroatoms. The quantitative estimate of drug-likeness (QED) is 0.152. The van der Waals surface area contributed by atoms with Crippen molar-refractivity contribution in [1.82, 2.24) is 31.2 Å². The largest absolute Gasteiger partial charge is 0.480 e. The maximum Gasteiger partial charge on any atom is 0.326 e. The van der Waals surface area contributed by atoms with Gasteiger partial charge in [-0.15, -0.1) is 0 Å². The molecule has 1 aliphatic rings. The molecule has 4 atom stereocenters. The fourth-order valence-electron chi connectivity index (χ4n) is 4.36. The molecule has 38 heavy (non-hydrogen) atoms. The van der Waals surface area contributed by atoms with Gasteiger partial charge in [0.25, 0.3) is 0 Å². The van der Waals surface area contributed by atoms with Crippen LogP contribution in [0.4, 0.5) is 0 Å². The summed E-state index contributed by atoms with van der Waals surface area (Å²) in [4.78, 5) is 58.2. The number of aromatic nitrogens is 2. The highest BCUT2D eigenvalue weighted by atomic mass is 16.4. The molecule has 8 N–H and O–H groups in total. The van der Waals surface area contributed by atoms with E-state index in [0.717, 1.165) is 18.5 Å². The fourth-order valence-corrected chi connectivity index (χ4v) is 4.36. The van der Waals surface area contributed by atoms with E-state index < -0.39 is 35.9 Å². The number of benzene rings is 1. The Morgan fingerprint density at radius 2 is 1.74 bits per heavy atom. The number of carbonyl (C=O) groups is 4. The van der Waals surface area contributed by atoms with Gasteiger partial charge in [-0.1, -0.05) is 30.3 Å². The molecular formula is C26H37N7O5. The number of hydrogen-bond acceptors (Lipinski definition) is 7. The van der Waals surface area contributed by atoms with Gasteiger partial charge in [-0.05, 0) is 50.8 Å². The van der Waals surface area contributed by atoms with Crippen molar-refractivity contribution in [3.8, 4) is 0 Å². The molecular weight excluding hydrogens is 490 g/mol. The maximum atomic E-state index is 13.4. The number of imidazole rings is 1. The molecule has 0 aliphatic carbocycles. The Morgan fingerprint density at radius 1 is 1.00 bits per heavy atom. The number of H-pyrrole nitrogens is 1. The first kappa shape index (κ1) is 28.8. The zero-order valence-corrected chi connectivity index (χ0v) is 21.3. The number of aliphatic carboxylic acids is 1. The summed E-state index contributed by atoms with van der Waals surface area (Å²) in [5, 5.41) is 20.9. The average Bonchev–Trinajstić information content (AvgIpc) is 3.62. The van der Waals surface area contributed by atoms with Gasteiger partial charge < -0.3 is 37.1 Å². The predicted octanol–water partition coefficient (Wildman–Crippen LogP) is -0.385. The molecule has 1 aliphatic heterocycles. The van der Waals surface area contributed by atoms with E-state index in [0.29, 0.717) is 31.5 Å². The number of rotatable bonds is 15. The molecule has 1 aromatic heterocycles. The van der Waals surface area contributed by atoms with Crippen LogP contribution in [0.3, 0.4) is 0 Å². The molecule has 0 saturated carbocycles. The highest BCUT2D eigenvalue weighted by Gasteiger charge is 2.31. The summed E-state index contributed by atoms with van der Waals surface area (Å²) < 4.78 is 0. The minimum absolute atomic E-state index is 0.0955. The van der Waals surface area contributed by atoms with Crippen molar-refractivity contribution in [2.75, 3.05) is 13.1 Å². The van der Waals surface area contributed by atoms with E-state index in [4.69, 9.17) is 5.73 Å². The zero-order chi connectivity index (χ0) is 27.3. The Morgan fingerprint density at radius 3 is 2.37 bits per heavy atom. The summed E-state index contributed by atoms with van der Waals surface area (Å²) in [5.74, 6) is -2.63. The van der Waals surface area contributed by atoms with Crippen molar-refractivity contribution < 1.29 is 24.3 Å². The average molecular weight is 528 g/mol. The summed E-state index contributed by atoms with van der Waals surface area (Å²) in [6, 6.07) is 5.45. The van der Waals surface area contributed by atoms with Crippen molar-refractivity contribution >= 4 is 23.7 Å². The zero-order valence-electron chi connectivity index (χ0n) is 21.3. The number of nitrogens with one attached hydrogen (secondary N) is 5. The van der Waals surface area contributed by atoms with E-state index in [2.05, 4.69) is 31.2 Å². The van der Waals surface area contributed by atoms with Crippen LogP contribution in [-0.4, -0.2) is 76.0 Å². The van der Waals surface area contributed by atoms with Crippen LogP contribution < -0.4 is 27.0 Å². The predicted molar refractivity (Wildman–Crippen MR) is 140 cm³/mol. The summed E-state index contributed by atoms with van der Waals surface area (Å²) in [5.41, 5.74) is 7.01. The van der Waals surface area contributed by atoms with E-state index in [1.165, 1.54) is 6.33 Å². The Balaban J connectivity index is 1.71. The van der Waals surface area contributed by atoms with Gasteiger partial charge in [0.15, 0.2) is 0 Å². The number of amides is 3. The smallest absolute Gasteiger partial charge is 0.326 e. The van der Waals surface area contributed by atoms with Gasteiger partial charge in [0.2, 0.25) is 17.7 Å². The standard InChI is InChI=1S/C26H37N7O5/c27-11-5-4-9-20(24(35)33-22(26(37)38)13-17-7-2-1-3-8-17)31-25(36)21(14-18-15-28-16-30-18)32-23(34)19-10-6-12-29-19/h1-3,7-8,15-16,19-22,29H,4-6,9-14,27H2,(H,28,30)(H,31,36)(H,32,34)(H,33,35)(H,37,38). The van der Waals surface area contributed by atoms with Crippen LogP contribution in [0.2, 0.25) is 0 Å². The van der Waals surface area contributed by atoms with Crippen molar-refractivity contribution in [2.24, 2.45) is 5.73 Å². The lowest BCUT2D eigenvalue weighted by atomic mass is 10.0. The molecule has 0 bridgehead atoms. The molecule has 0 spiro atoms. The third-order valence-electron chi connectivity index (χ3n) is 6.47. The fraction of sp³-hybridized carbons (Fsp3) is 0.500. The van der Waals surface area contributed by atoms with Crippen LogP contribution >= 0.6 is 0 Å². The third kappa shape index (κ3) is 8.96. The highest BCUT2D eigenvalue weighted by molar-refractivity contribution is 5.94. The summed E-state index contributed by atoms with van der Waals surface area (Å²) in [7, 11) is 0. The second kappa shape index (κ2) is 14.8. The van der Waals surface area contributed by atoms with E-state index in [1.807, 2.05) is 6.07 Å². The first-order chi connectivity index (χ1) is 18.4. The van der Waals surface area contributed by atoms with Crippen molar-refractivity contribution in [2.45, 2.75) is 69.1 Å². The maximum absolute atomic E-state index is 13.4. The van der Waals surface area contributed by atoms with Crippen LogP contribution in [0.25, 0.3) is 0 Å². The number of nitrogens with two attached hydrogens (primary N) is 1. The first-order valence-electron chi connectivity index (χ1n) is 13.0. The molecule has 3 amide bonds. The number of hydrogen-bond donors (Lipinski definition) is 7. The lowest BCUT2D eigenvalue weighted by Crippen LogP contribution is -2.57. The topological polar surface area (TPSA) is 191 Å². The van der Waals surface area contributed by atoms with Crippen LogP contribution in [0.1, 0.15) is 43.4 Å². The van der Waals surface area contributed by atoms with E-state index >= 15 is 0 Å². The summed E-state index contributed by atoms with van der Waals surface area (Å²) in [6.45, 7) is 1.15. The van der Waals surface area contributed by atoms with Gasteiger partial charge in [-0.25, -0.2) is 9.78 Å². The number of carbonyl (C=O) groups excluding carboxylic acids is 3. The SMILES string of the molecule is NCCCCC(NC(=O)C(Cc1cnc[nH]1)NC(=O)C1CCCN1)C(=O)NC(Cc1ccccc1)C(=O)O. The number of carboxylic acids is 1. The number of aromatic amines is 1. The lowest BCUT2D eigenvalue weighted by Gasteiger charge is -2.25. The van der Waals surface area contributed by atoms with Crippen LogP contribution in [-0.2, 0) is 32.0 Å². The molecule has 12 nitrogen and oxygen atoms in total. The lowest BCUT2D eigenvalue weighted by molar-refractivity contribution is -0.142. The highest BCUT2D eigenvalue weighted by Crippen LogP contribution is 2.09. The third-order valence-corrected chi connectivity index (χ3v) is 6.47. The normalized spacial score (nSPS) is 17.2. The van der Waals surface area contributed by atoms with E-state index in [-0.39, 0.29) is 31.2 Å². The molecule has 1 aromatic carbocycles. The second-order valence-electron chi connectivity index (χ2n) is 9.43. The van der Waals surface area contributed by atoms with E-state index in [9.17, 15) is 24.3 Å². The van der Waals surface area contributed by atoms with E-state index in [1.54, 1.807) is 30.5 Å². The second-order valence-corrected chi connectivity index (χ2v) is 9.43.